The average Bonchev–Trinajstić information content (AvgIpc) is 2.64. The third kappa shape index (κ3) is 4.56. The van der Waals surface area contributed by atoms with Gasteiger partial charge in [0, 0.05) is 18.3 Å². The Kier molecular flexibility index (Phi) is 6.77. The van der Waals surface area contributed by atoms with Crippen LogP contribution in [0.5, 0.6) is 0 Å². The highest BCUT2D eigenvalue weighted by Crippen LogP contribution is 2.33. The second kappa shape index (κ2) is 9.04. The Bertz CT molecular complexity index is 560. The number of thiocarbonyl (C=S) groups is 2. The topological polar surface area (TPSA) is 42.1 Å². The van der Waals surface area contributed by atoms with Gasteiger partial charge in [-0.15, -0.1) is 0 Å². The quantitative estimate of drug-likeness (QED) is 0.753. The molecule has 2 aliphatic carbocycles. The van der Waals surface area contributed by atoms with Crippen LogP contribution < -0.4 is 5.73 Å². The summed E-state index contributed by atoms with van der Waals surface area (Å²) in [5.74, 6) is -0.227. The normalized spacial score (nSPS) is 20.8. The van der Waals surface area contributed by atoms with E-state index in [2.05, 4.69) is 9.88 Å². The maximum absolute atomic E-state index is 6.14. The summed E-state index contributed by atoms with van der Waals surface area (Å²) in [6, 6.07) is 7.00. The molecule has 0 aliphatic heterocycles. The minimum absolute atomic E-state index is 0.227. The van der Waals surface area contributed by atoms with Crippen molar-refractivity contribution in [1.29, 1.82) is 0 Å². The molecule has 2 aliphatic rings. The van der Waals surface area contributed by atoms with E-state index in [1.807, 2.05) is 18.2 Å². The lowest BCUT2D eigenvalue weighted by molar-refractivity contribution is 0.158. The van der Waals surface area contributed by atoms with E-state index in [1.54, 1.807) is 6.20 Å². The number of nitrogens with zero attached hydrogens (tertiary/aromatic N) is 2. The zero-order valence-corrected chi connectivity index (χ0v) is 16.5. The van der Waals surface area contributed by atoms with E-state index in [0.29, 0.717) is 17.1 Å². The average molecular weight is 376 g/mol. The predicted molar refractivity (Wildman–Crippen MR) is 112 cm³/mol. The van der Waals surface area contributed by atoms with Crippen molar-refractivity contribution in [2.75, 3.05) is 0 Å². The Balaban J connectivity index is 1.89. The van der Waals surface area contributed by atoms with Gasteiger partial charge in [-0.2, -0.15) is 0 Å². The van der Waals surface area contributed by atoms with Crippen molar-refractivity contribution < 1.29 is 0 Å². The first-order valence-electron chi connectivity index (χ1n) is 9.71. The van der Waals surface area contributed by atoms with Gasteiger partial charge in [0.05, 0.1) is 15.7 Å². The zero-order valence-electron chi connectivity index (χ0n) is 14.9. The molecule has 1 heterocycles. The summed E-state index contributed by atoms with van der Waals surface area (Å²) in [5.41, 5.74) is 7.03. The summed E-state index contributed by atoms with van der Waals surface area (Å²) in [4.78, 5) is 8.41. The Morgan fingerprint density at radius 3 is 1.96 bits per heavy atom. The lowest BCUT2D eigenvalue weighted by atomic mass is 9.87. The molecule has 1 aromatic heterocycles. The van der Waals surface area contributed by atoms with Crippen LogP contribution in [0.4, 0.5) is 0 Å². The Hall–Kier alpha value is -1.07. The molecule has 2 N–H and O–H groups in total. The summed E-state index contributed by atoms with van der Waals surface area (Å²) < 4.78 is 0. The molecule has 0 spiro atoms. The van der Waals surface area contributed by atoms with Crippen LogP contribution in [0.25, 0.3) is 0 Å². The number of nitrogens with two attached hydrogens (primary N) is 1. The van der Waals surface area contributed by atoms with Crippen LogP contribution in [0.15, 0.2) is 24.4 Å². The first kappa shape index (κ1) is 18.7. The Morgan fingerprint density at radius 1 is 0.960 bits per heavy atom. The second-order valence-corrected chi connectivity index (χ2v) is 8.31. The van der Waals surface area contributed by atoms with E-state index in [0.717, 1.165) is 10.7 Å². The van der Waals surface area contributed by atoms with Crippen molar-refractivity contribution in [2.24, 2.45) is 5.73 Å². The van der Waals surface area contributed by atoms with Crippen LogP contribution in [0.2, 0.25) is 0 Å². The Morgan fingerprint density at radius 2 is 1.52 bits per heavy atom. The van der Waals surface area contributed by atoms with Gasteiger partial charge in [-0.25, -0.2) is 0 Å². The molecule has 2 saturated carbocycles. The molecule has 5 heteroatoms. The fourth-order valence-corrected chi connectivity index (χ4v) is 5.32. The van der Waals surface area contributed by atoms with Crippen LogP contribution in [0.3, 0.4) is 0 Å². The molecule has 1 unspecified atom stereocenters. The van der Waals surface area contributed by atoms with E-state index >= 15 is 0 Å². The Labute approximate surface area is 162 Å². The van der Waals surface area contributed by atoms with Crippen LogP contribution in [-0.2, 0) is 0 Å². The maximum Gasteiger partial charge on any atom is 0.102 e. The molecule has 3 rings (SSSR count). The highest BCUT2D eigenvalue weighted by Gasteiger charge is 2.35. The van der Waals surface area contributed by atoms with Crippen LogP contribution in [-0.4, -0.2) is 31.9 Å². The first-order valence-corrected chi connectivity index (χ1v) is 10.5. The third-order valence-corrected chi connectivity index (χ3v) is 6.39. The number of rotatable bonds is 5. The van der Waals surface area contributed by atoms with Gasteiger partial charge in [0.15, 0.2) is 0 Å². The third-order valence-electron chi connectivity index (χ3n) is 5.71. The maximum atomic E-state index is 6.14. The number of aromatic nitrogens is 1. The summed E-state index contributed by atoms with van der Waals surface area (Å²) in [7, 11) is 0. The van der Waals surface area contributed by atoms with Gasteiger partial charge in [-0.05, 0) is 37.8 Å². The lowest BCUT2D eigenvalue weighted by Gasteiger charge is -2.45. The largest absolute Gasteiger partial charge is 0.392 e. The summed E-state index contributed by atoms with van der Waals surface area (Å²) in [5, 5.41) is 0. The number of pyridine rings is 1. The number of hydrogen-bond acceptors (Lipinski definition) is 3. The van der Waals surface area contributed by atoms with E-state index in [-0.39, 0.29) is 5.92 Å². The molecule has 1 atom stereocenters. The van der Waals surface area contributed by atoms with Crippen LogP contribution in [0.1, 0.15) is 75.8 Å². The van der Waals surface area contributed by atoms with Gasteiger partial charge < -0.3 is 10.6 Å². The van der Waals surface area contributed by atoms with Gasteiger partial charge in [0.1, 0.15) is 5.92 Å². The minimum Gasteiger partial charge on any atom is -0.392 e. The fourth-order valence-electron chi connectivity index (χ4n) is 4.47. The van der Waals surface area contributed by atoms with E-state index < -0.39 is 0 Å². The van der Waals surface area contributed by atoms with Crippen molar-refractivity contribution in [2.45, 2.75) is 82.2 Å². The van der Waals surface area contributed by atoms with Crippen molar-refractivity contribution in [3.63, 3.8) is 0 Å². The zero-order chi connectivity index (χ0) is 17.6. The monoisotopic (exact) mass is 375 g/mol. The summed E-state index contributed by atoms with van der Waals surface area (Å²) >= 11 is 11.5. The van der Waals surface area contributed by atoms with Gasteiger partial charge >= 0.3 is 0 Å². The smallest absolute Gasteiger partial charge is 0.102 e. The molecule has 136 valence electrons. The molecule has 0 saturated heterocycles. The molecule has 25 heavy (non-hydrogen) atoms. The summed E-state index contributed by atoms with van der Waals surface area (Å²) in [6.45, 7) is 0. The number of hydrogen-bond donors (Lipinski definition) is 1. The van der Waals surface area contributed by atoms with Crippen molar-refractivity contribution in [1.82, 2.24) is 9.88 Å². The van der Waals surface area contributed by atoms with Crippen molar-refractivity contribution in [3.8, 4) is 0 Å². The predicted octanol–water partition coefficient (Wildman–Crippen LogP) is 4.75. The molecule has 0 amide bonds. The van der Waals surface area contributed by atoms with Gasteiger partial charge in [-0.3, -0.25) is 4.98 Å². The highest BCUT2D eigenvalue weighted by atomic mass is 32.1. The molecule has 0 bridgehead atoms. The molecule has 2 fully saturated rings. The summed E-state index contributed by atoms with van der Waals surface area (Å²) in [6.07, 6.45) is 14.7. The van der Waals surface area contributed by atoms with Gasteiger partial charge in [-0.1, -0.05) is 69.0 Å². The van der Waals surface area contributed by atoms with Crippen molar-refractivity contribution in [3.05, 3.63) is 30.1 Å². The standard InChI is InChI=1S/C20H29N3S2/c21-19(24)18(17-13-7-8-14-22-17)20(25)23(15-9-3-1-4-10-15)16-11-5-2-6-12-16/h7-8,13-16,18H,1-6,9-12H2,(H2,21,24). The first-order chi connectivity index (χ1) is 12.2. The van der Waals surface area contributed by atoms with Crippen LogP contribution in [0, 0.1) is 0 Å². The minimum atomic E-state index is -0.227. The van der Waals surface area contributed by atoms with E-state index in [1.165, 1.54) is 64.2 Å². The van der Waals surface area contributed by atoms with Crippen molar-refractivity contribution >= 4 is 34.4 Å². The SMILES string of the molecule is NC(=S)C(C(=S)N(C1CCCCC1)C1CCCCC1)c1ccccn1. The molecular weight excluding hydrogens is 346 g/mol. The molecule has 3 nitrogen and oxygen atoms in total. The molecule has 0 aromatic carbocycles. The lowest BCUT2D eigenvalue weighted by Crippen LogP contribution is -2.51. The molecule has 1 aromatic rings. The molecule has 0 radical (unpaired) electrons. The van der Waals surface area contributed by atoms with Crippen LogP contribution >= 0.6 is 24.4 Å². The van der Waals surface area contributed by atoms with Gasteiger partial charge in [0.2, 0.25) is 0 Å². The van der Waals surface area contributed by atoms with E-state index in [9.17, 15) is 0 Å². The highest BCUT2D eigenvalue weighted by molar-refractivity contribution is 7.82. The second-order valence-electron chi connectivity index (χ2n) is 7.42. The van der Waals surface area contributed by atoms with E-state index in [4.69, 9.17) is 30.2 Å². The van der Waals surface area contributed by atoms with Gasteiger partial charge in [0.25, 0.3) is 0 Å². The fraction of sp³-hybridized carbons (Fsp3) is 0.650. The molecular formula is C20H29N3S2.